The predicted molar refractivity (Wildman–Crippen MR) is 122 cm³/mol. The average Bonchev–Trinajstić information content (AvgIpc) is 3.33. The highest BCUT2D eigenvalue weighted by atomic mass is 35.5. The highest BCUT2D eigenvalue weighted by molar-refractivity contribution is 7.90. The van der Waals surface area contributed by atoms with Gasteiger partial charge in [0.15, 0.2) is 9.84 Å². The van der Waals surface area contributed by atoms with Crippen LogP contribution in [-0.4, -0.2) is 26.6 Å². The monoisotopic (exact) mass is 504 g/mol. The van der Waals surface area contributed by atoms with Gasteiger partial charge in [-0.3, -0.25) is 4.99 Å². The smallest absolute Gasteiger partial charge is 0.398 e. The molecular weight excluding hydrogens is 489 g/mol. The molecule has 31 heavy (non-hydrogen) atoms. The van der Waals surface area contributed by atoms with Crippen LogP contribution in [0.2, 0.25) is 4.34 Å². The SMILES string of the molecule is CS(=O)(=O)c1cccc(-c2ccc(/C(N)=C/C(=NCc3ccc(Cl)s3)C(F)(F)F)s2)c1. The number of sulfone groups is 1. The lowest BCUT2D eigenvalue weighted by atomic mass is 10.2. The third-order valence-corrected chi connectivity index (χ3v) is 7.56. The fraction of sp³-hybridized carbons (Fsp3) is 0.150. The Morgan fingerprint density at radius 2 is 1.90 bits per heavy atom. The van der Waals surface area contributed by atoms with Crippen molar-refractivity contribution in [3.63, 3.8) is 0 Å². The first kappa shape index (κ1) is 23.5. The Hall–Kier alpha value is -2.14. The molecule has 11 heteroatoms. The molecule has 4 nitrogen and oxygen atoms in total. The van der Waals surface area contributed by atoms with E-state index in [1.807, 2.05) is 0 Å². The molecule has 0 unspecified atom stereocenters. The van der Waals surface area contributed by atoms with E-state index in [9.17, 15) is 21.6 Å². The molecule has 0 aliphatic carbocycles. The Balaban J connectivity index is 1.89. The lowest BCUT2D eigenvalue weighted by molar-refractivity contribution is -0.0579. The molecule has 1 aromatic carbocycles. The van der Waals surface area contributed by atoms with Crippen LogP contribution in [0.1, 0.15) is 9.75 Å². The molecule has 0 bridgehead atoms. The van der Waals surface area contributed by atoms with Gasteiger partial charge in [-0.15, -0.1) is 22.7 Å². The van der Waals surface area contributed by atoms with Crippen molar-refractivity contribution in [2.45, 2.75) is 17.6 Å². The molecule has 2 N–H and O–H groups in total. The number of halogens is 4. The van der Waals surface area contributed by atoms with E-state index < -0.39 is 21.7 Å². The molecule has 3 rings (SSSR count). The predicted octanol–water partition coefficient (Wildman–Crippen LogP) is 6.04. The van der Waals surface area contributed by atoms with Crippen molar-refractivity contribution in [2.24, 2.45) is 10.7 Å². The number of rotatable bonds is 6. The second-order valence-corrected chi connectivity index (χ2v) is 11.4. The molecule has 0 saturated carbocycles. The van der Waals surface area contributed by atoms with Crippen molar-refractivity contribution in [1.82, 2.24) is 0 Å². The van der Waals surface area contributed by atoms with Gasteiger partial charge in [0, 0.05) is 16.0 Å². The number of hydrogen-bond acceptors (Lipinski definition) is 6. The van der Waals surface area contributed by atoms with Crippen LogP contribution in [0.25, 0.3) is 16.1 Å². The average molecular weight is 505 g/mol. The maximum Gasteiger partial charge on any atom is 0.432 e. The van der Waals surface area contributed by atoms with Gasteiger partial charge in [-0.05, 0) is 48.0 Å². The number of nitrogens with two attached hydrogens (primary N) is 1. The number of aliphatic imine (C=N–C) groups is 1. The molecule has 0 atom stereocenters. The third kappa shape index (κ3) is 6.19. The fourth-order valence-electron chi connectivity index (χ4n) is 2.56. The zero-order chi connectivity index (χ0) is 22.8. The van der Waals surface area contributed by atoms with E-state index in [0.29, 0.717) is 24.5 Å². The van der Waals surface area contributed by atoms with Crippen LogP contribution in [0.15, 0.2) is 64.5 Å². The van der Waals surface area contributed by atoms with Crippen LogP contribution in [0.3, 0.4) is 0 Å². The number of nitrogens with zero attached hydrogens (tertiary/aromatic N) is 1. The molecule has 0 amide bonds. The van der Waals surface area contributed by atoms with Crippen molar-refractivity contribution in [3.8, 4) is 10.4 Å². The summed E-state index contributed by atoms with van der Waals surface area (Å²) < 4.78 is 64.3. The Bertz CT molecular complexity index is 1260. The first-order valence-corrected chi connectivity index (χ1v) is 12.6. The molecule has 0 spiro atoms. The minimum atomic E-state index is -4.67. The second kappa shape index (κ2) is 9.15. The highest BCUT2D eigenvalue weighted by Crippen LogP contribution is 2.32. The molecule has 0 fully saturated rings. The summed E-state index contributed by atoms with van der Waals surface area (Å²) in [6, 6.07) is 12.8. The standard InChI is InChI=1S/C20H16ClF3N2O2S3/c1-31(27,28)14-4-2-3-12(9-14)16-6-7-17(30-16)15(25)10-18(20(22,23)24)26-11-13-5-8-19(21)29-13/h2-10H,11,25H2,1H3/b15-10-,26-18?. The van der Waals surface area contributed by atoms with Gasteiger partial charge in [0.2, 0.25) is 0 Å². The summed E-state index contributed by atoms with van der Waals surface area (Å²) in [6.07, 6.45) is -2.76. The van der Waals surface area contributed by atoms with E-state index in [0.717, 1.165) is 35.0 Å². The van der Waals surface area contributed by atoms with E-state index in [1.165, 1.54) is 12.1 Å². The van der Waals surface area contributed by atoms with Crippen LogP contribution < -0.4 is 5.73 Å². The van der Waals surface area contributed by atoms with Crippen molar-refractivity contribution < 1.29 is 21.6 Å². The fourth-order valence-corrected chi connectivity index (χ4v) is 5.17. The molecule has 0 saturated heterocycles. The molecule has 3 aromatic rings. The zero-order valence-electron chi connectivity index (χ0n) is 16.0. The number of alkyl halides is 3. The summed E-state index contributed by atoms with van der Waals surface area (Å²) in [5, 5.41) is 0. The molecule has 0 aliphatic heterocycles. The summed E-state index contributed by atoms with van der Waals surface area (Å²) in [4.78, 5) is 5.52. The van der Waals surface area contributed by atoms with E-state index in [2.05, 4.69) is 4.99 Å². The highest BCUT2D eigenvalue weighted by Gasteiger charge is 2.34. The number of thiophene rings is 2. The summed E-state index contributed by atoms with van der Waals surface area (Å²) in [5.41, 5.74) is 5.38. The minimum Gasteiger partial charge on any atom is -0.398 e. The molecule has 2 aromatic heterocycles. The summed E-state index contributed by atoms with van der Waals surface area (Å²) in [6.45, 7) is -0.163. The summed E-state index contributed by atoms with van der Waals surface area (Å²) in [7, 11) is -3.38. The van der Waals surface area contributed by atoms with Crippen molar-refractivity contribution in [1.29, 1.82) is 0 Å². The van der Waals surface area contributed by atoms with Crippen LogP contribution in [0, 0.1) is 0 Å². The molecule has 164 valence electrons. The topological polar surface area (TPSA) is 72.5 Å². The second-order valence-electron chi connectivity index (χ2n) is 6.47. The van der Waals surface area contributed by atoms with Gasteiger partial charge in [0.05, 0.1) is 26.4 Å². The first-order chi connectivity index (χ1) is 14.4. The van der Waals surface area contributed by atoms with E-state index in [4.69, 9.17) is 17.3 Å². The van der Waals surface area contributed by atoms with E-state index >= 15 is 0 Å². The van der Waals surface area contributed by atoms with Gasteiger partial charge < -0.3 is 5.73 Å². The van der Waals surface area contributed by atoms with Gasteiger partial charge in [-0.2, -0.15) is 13.2 Å². The van der Waals surface area contributed by atoms with Crippen LogP contribution in [-0.2, 0) is 16.4 Å². The van der Waals surface area contributed by atoms with E-state index in [1.54, 1.807) is 36.4 Å². The normalized spacial score (nSPS) is 13.6. The lowest BCUT2D eigenvalue weighted by Gasteiger charge is -2.08. The maximum absolute atomic E-state index is 13.4. The van der Waals surface area contributed by atoms with Gasteiger partial charge >= 0.3 is 6.18 Å². The van der Waals surface area contributed by atoms with Crippen LogP contribution in [0.5, 0.6) is 0 Å². The van der Waals surface area contributed by atoms with Gasteiger partial charge in [-0.1, -0.05) is 23.7 Å². The quantitative estimate of drug-likeness (QED) is 0.416. The molecular formula is C20H16ClF3N2O2S3. The lowest BCUT2D eigenvalue weighted by Crippen LogP contribution is -2.22. The van der Waals surface area contributed by atoms with Crippen molar-refractivity contribution >= 4 is 55.5 Å². The molecule has 0 radical (unpaired) electrons. The Morgan fingerprint density at radius 3 is 2.52 bits per heavy atom. The number of allylic oxidation sites excluding steroid dienone is 1. The number of benzene rings is 1. The van der Waals surface area contributed by atoms with Crippen LogP contribution in [0.4, 0.5) is 13.2 Å². The molecule has 0 aliphatic rings. The first-order valence-electron chi connectivity index (χ1n) is 8.67. The largest absolute Gasteiger partial charge is 0.432 e. The van der Waals surface area contributed by atoms with Crippen molar-refractivity contribution in [2.75, 3.05) is 6.26 Å². The maximum atomic E-state index is 13.4. The van der Waals surface area contributed by atoms with Gasteiger partial charge in [0.1, 0.15) is 5.71 Å². The third-order valence-electron chi connectivity index (χ3n) is 4.05. The van der Waals surface area contributed by atoms with Gasteiger partial charge in [0.25, 0.3) is 0 Å². The van der Waals surface area contributed by atoms with Gasteiger partial charge in [-0.25, -0.2) is 8.42 Å². The zero-order valence-corrected chi connectivity index (χ0v) is 19.2. The Kier molecular flexibility index (Phi) is 6.95. The van der Waals surface area contributed by atoms with E-state index in [-0.39, 0.29) is 17.1 Å². The molecule has 2 heterocycles. The minimum absolute atomic E-state index is 0.0872. The Morgan fingerprint density at radius 1 is 1.16 bits per heavy atom. The summed E-state index contributed by atoms with van der Waals surface area (Å²) >= 11 is 8.12. The van der Waals surface area contributed by atoms with Crippen LogP contribution >= 0.6 is 34.3 Å². The number of hydrogen-bond donors (Lipinski definition) is 1. The van der Waals surface area contributed by atoms with Crippen molar-refractivity contribution in [3.05, 3.63) is 68.7 Å². The Labute approximate surface area is 190 Å². The summed E-state index contributed by atoms with van der Waals surface area (Å²) in [5.74, 6) is 0.